The quantitative estimate of drug-likeness (QED) is 0.669. The molecule has 2 aliphatic carbocycles. The van der Waals surface area contributed by atoms with Gasteiger partial charge in [-0.05, 0) is 67.7 Å². The molecule has 0 spiro atoms. The molecule has 1 aliphatic heterocycles. The van der Waals surface area contributed by atoms with Crippen LogP contribution in [0.4, 0.5) is 0 Å². The standard InChI is InChI=1S/C22H29N3O4S/c1-28-15-20-23-21(24-29-20)22(14-16-5-6-16)9-11-25(12-10-22)30(26,27)19-8-7-17-3-2-4-18(17)13-19/h7-8,13,16H,2-6,9-12,14-15H2,1H3. The maximum atomic E-state index is 13.3. The van der Waals surface area contributed by atoms with Gasteiger partial charge in [0.05, 0.1) is 4.90 Å². The lowest BCUT2D eigenvalue weighted by Crippen LogP contribution is -2.46. The van der Waals surface area contributed by atoms with E-state index in [1.807, 2.05) is 12.1 Å². The summed E-state index contributed by atoms with van der Waals surface area (Å²) in [6.45, 7) is 1.27. The molecule has 7 nitrogen and oxygen atoms in total. The molecule has 0 unspecified atom stereocenters. The second kappa shape index (κ2) is 7.73. The van der Waals surface area contributed by atoms with Crippen molar-refractivity contribution in [1.82, 2.24) is 14.4 Å². The van der Waals surface area contributed by atoms with Gasteiger partial charge in [0, 0.05) is 25.6 Å². The highest BCUT2D eigenvalue weighted by atomic mass is 32.2. The lowest BCUT2D eigenvalue weighted by Gasteiger charge is -2.39. The number of piperidine rings is 1. The third-order valence-electron chi connectivity index (χ3n) is 6.97. The monoisotopic (exact) mass is 431 g/mol. The number of sulfonamides is 1. The Morgan fingerprint density at radius 3 is 2.70 bits per heavy atom. The van der Waals surface area contributed by atoms with E-state index in [2.05, 4.69) is 10.1 Å². The third-order valence-corrected chi connectivity index (χ3v) is 8.87. The maximum absolute atomic E-state index is 13.3. The first-order chi connectivity index (χ1) is 14.5. The molecule has 1 saturated heterocycles. The van der Waals surface area contributed by atoms with Gasteiger partial charge in [-0.15, -0.1) is 0 Å². The summed E-state index contributed by atoms with van der Waals surface area (Å²) in [5, 5.41) is 4.26. The van der Waals surface area contributed by atoms with Gasteiger partial charge in [-0.2, -0.15) is 9.29 Å². The zero-order valence-corrected chi connectivity index (χ0v) is 18.3. The number of methoxy groups -OCH3 is 1. The molecular weight excluding hydrogens is 402 g/mol. The second-order valence-electron chi connectivity index (χ2n) is 9.06. The number of hydrogen-bond donors (Lipinski definition) is 0. The maximum Gasteiger partial charge on any atom is 0.252 e. The lowest BCUT2D eigenvalue weighted by atomic mass is 9.74. The Kier molecular flexibility index (Phi) is 5.19. The molecule has 0 bridgehead atoms. The predicted octanol–water partition coefficient (Wildman–Crippen LogP) is 3.23. The van der Waals surface area contributed by atoms with Crippen LogP contribution >= 0.6 is 0 Å². The Hall–Kier alpha value is -1.77. The summed E-state index contributed by atoms with van der Waals surface area (Å²) in [5.74, 6) is 1.89. The molecule has 2 aromatic rings. The van der Waals surface area contributed by atoms with E-state index >= 15 is 0 Å². The highest BCUT2D eigenvalue weighted by Crippen LogP contribution is 2.47. The van der Waals surface area contributed by atoms with E-state index in [0.29, 0.717) is 36.4 Å². The van der Waals surface area contributed by atoms with Crippen LogP contribution in [0.25, 0.3) is 0 Å². The fourth-order valence-corrected chi connectivity index (χ4v) is 6.55. The topological polar surface area (TPSA) is 85.5 Å². The fourth-order valence-electron chi connectivity index (χ4n) is 5.06. The van der Waals surface area contributed by atoms with Crippen LogP contribution in [0.15, 0.2) is 27.6 Å². The van der Waals surface area contributed by atoms with Gasteiger partial charge in [0.2, 0.25) is 10.0 Å². The van der Waals surface area contributed by atoms with Crippen molar-refractivity contribution in [3.05, 3.63) is 41.0 Å². The van der Waals surface area contributed by atoms with Crippen molar-refractivity contribution in [2.24, 2.45) is 5.92 Å². The SMILES string of the molecule is COCc1nc(C2(CC3CC3)CCN(S(=O)(=O)c3ccc4c(c3)CCC4)CC2)no1. The van der Waals surface area contributed by atoms with Gasteiger partial charge in [0.1, 0.15) is 6.61 Å². The lowest BCUT2D eigenvalue weighted by molar-refractivity contribution is 0.151. The van der Waals surface area contributed by atoms with E-state index in [1.165, 1.54) is 24.0 Å². The fraction of sp³-hybridized carbons (Fsp3) is 0.636. The number of benzene rings is 1. The van der Waals surface area contributed by atoms with Crippen molar-refractivity contribution in [3.8, 4) is 0 Å². The normalized spacial score (nSPS) is 21.6. The first-order valence-corrected chi connectivity index (χ1v) is 12.4. The van der Waals surface area contributed by atoms with E-state index in [9.17, 15) is 8.42 Å². The Labute approximate surface area is 177 Å². The molecule has 1 aromatic heterocycles. The van der Waals surface area contributed by atoms with Gasteiger partial charge in [-0.3, -0.25) is 0 Å². The van der Waals surface area contributed by atoms with E-state index in [4.69, 9.17) is 9.26 Å². The zero-order valence-electron chi connectivity index (χ0n) is 17.5. The summed E-state index contributed by atoms with van der Waals surface area (Å²) >= 11 is 0. The number of aromatic nitrogens is 2. The van der Waals surface area contributed by atoms with Crippen molar-refractivity contribution in [2.45, 2.75) is 68.3 Å². The number of ether oxygens (including phenoxy) is 1. The minimum atomic E-state index is -3.48. The molecule has 1 saturated carbocycles. The van der Waals surface area contributed by atoms with Gasteiger partial charge in [-0.1, -0.05) is 24.1 Å². The molecule has 0 amide bonds. The van der Waals surface area contributed by atoms with Crippen LogP contribution in [-0.2, 0) is 39.6 Å². The van der Waals surface area contributed by atoms with Crippen molar-refractivity contribution in [1.29, 1.82) is 0 Å². The second-order valence-corrected chi connectivity index (χ2v) is 11.0. The smallest absolute Gasteiger partial charge is 0.252 e. The largest absolute Gasteiger partial charge is 0.375 e. The summed E-state index contributed by atoms with van der Waals surface area (Å²) < 4.78 is 38.8. The van der Waals surface area contributed by atoms with Crippen molar-refractivity contribution in [3.63, 3.8) is 0 Å². The average molecular weight is 432 g/mol. The van der Waals surface area contributed by atoms with Gasteiger partial charge < -0.3 is 9.26 Å². The first kappa shape index (κ1) is 20.2. The van der Waals surface area contributed by atoms with Gasteiger partial charge in [0.25, 0.3) is 5.89 Å². The number of nitrogens with zero attached hydrogens (tertiary/aromatic N) is 3. The summed E-state index contributed by atoms with van der Waals surface area (Å²) in [6.07, 6.45) is 8.07. The minimum Gasteiger partial charge on any atom is -0.375 e. The van der Waals surface area contributed by atoms with Crippen LogP contribution < -0.4 is 0 Å². The molecule has 0 N–H and O–H groups in total. The molecule has 0 radical (unpaired) electrons. The minimum absolute atomic E-state index is 0.208. The highest BCUT2D eigenvalue weighted by Gasteiger charge is 2.46. The van der Waals surface area contributed by atoms with Gasteiger partial charge in [-0.25, -0.2) is 8.42 Å². The van der Waals surface area contributed by atoms with E-state index < -0.39 is 10.0 Å². The van der Waals surface area contributed by atoms with E-state index in [1.54, 1.807) is 17.5 Å². The molecule has 3 aliphatic rings. The number of hydrogen-bond acceptors (Lipinski definition) is 6. The van der Waals surface area contributed by atoms with Crippen LogP contribution in [0, 0.1) is 5.92 Å². The Bertz CT molecular complexity index is 1020. The van der Waals surface area contributed by atoms with Crippen LogP contribution in [-0.4, -0.2) is 43.1 Å². The zero-order chi connectivity index (χ0) is 20.8. The predicted molar refractivity (Wildman–Crippen MR) is 110 cm³/mol. The summed E-state index contributed by atoms with van der Waals surface area (Å²) in [6, 6.07) is 5.66. The molecule has 2 heterocycles. The number of rotatable bonds is 7. The summed E-state index contributed by atoms with van der Waals surface area (Å²) in [7, 11) is -1.88. The molecule has 2 fully saturated rings. The van der Waals surface area contributed by atoms with Crippen molar-refractivity contribution in [2.75, 3.05) is 20.2 Å². The van der Waals surface area contributed by atoms with Gasteiger partial charge in [0.15, 0.2) is 5.82 Å². The Balaban J connectivity index is 1.36. The molecular formula is C22H29N3O4S. The molecule has 30 heavy (non-hydrogen) atoms. The van der Waals surface area contributed by atoms with E-state index in [-0.39, 0.29) is 5.41 Å². The Morgan fingerprint density at radius 1 is 1.20 bits per heavy atom. The summed E-state index contributed by atoms with van der Waals surface area (Å²) in [5.41, 5.74) is 2.27. The molecule has 162 valence electrons. The van der Waals surface area contributed by atoms with Crippen LogP contribution in [0.2, 0.25) is 0 Å². The van der Waals surface area contributed by atoms with Crippen LogP contribution in [0.1, 0.15) is 61.4 Å². The number of aryl methyl sites for hydroxylation is 2. The molecule has 0 atom stereocenters. The molecule has 5 rings (SSSR count). The van der Waals surface area contributed by atoms with Crippen LogP contribution in [0.3, 0.4) is 0 Å². The third kappa shape index (κ3) is 3.69. The number of fused-ring (bicyclic) bond motifs is 1. The first-order valence-electron chi connectivity index (χ1n) is 10.9. The van der Waals surface area contributed by atoms with Crippen LogP contribution in [0.5, 0.6) is 0 Å². The van der Waals surface area contributed by atoms with Gasteiger partial charge >= 0.3 is 0 Å². The van der Waals surface area contributed by atoms with Crippen molar-refractivity contribution >= 4 is 10.0 Å². The van der Waals surface area contributed by atoms with Crippen molar-refractivity contribution < 1.29 is 17.7 Å². The highest BCUT2D eigenvalue weighted by molar-refractivity contribution is 7.89. The summed E-state index contributed by atoms with van der Waals surface area (Å²) in [4.78, 5) is 5.02. The average Bonchev–Trinajstić information content (AvgIpc) is 3.23. The molecule has 1 aromatic carbocycles. The Morgan fingerprint density at radius 2 is 1.97 bits per heavy atom. The molecule has 8 heteroatoms. The van der Waals surface area contributed by atoms with E-state index in [0.717, 1.165) is 44.3 Å².